The summed E-state index contributed by atoms with van der Waals surface area (Å²) in [5, 5.41) is 2.82. The lowest BCUT2D eigenvalue weighted by Crippen LogP contribution is -2.35. The van der Waals surface area contributed by atoms with Crippen LogP contribution in [0.2, 0.25) is 0 Å². The number of unbranched alkanes of at least 4 members (excludes halogenated alkanes) is 2. The molecular formula is C14H22N2O3S. The lowest BCUT2D eigenvalue weighted by molar-refractivity contribution is -0.121. The predicted octanol–water partition coefficient (Wildman–Crippen LogP) is 1.35. The van der Waals surface area contributed by atoms with Gasteiger partial charge in [0.25, 0.3) is 0 Å². The molecule has 0 saturated carbocycles. The first-order chi connectivity index (χ1) is 9.55. The van der Waals surface area contributed by atoms with Crippen LogP contribution in [-0.4, -0.2) is 36.4 Å². The zero-order valence-electron chi connectivity index (χ0n) is 11.6. The Kier molecular flexibility index (Phi) is 5.23. The van der Waals surface area contributed by atoms with E-state index in [4.69, 9.17) is 0 Å². The molecule has 5 nitrogen and oxygen atoms in total. The first kappa shape index (κ1) is 15.1. The number of nitrogens with zero attached hydrogens (tertiary/aromatic N) is 1. The van der Waals surface area contributed by atoms with Crippen molar-refractivity contribution in [2.45, 2.75) is 44.7 Å². The monoisotopic (exact) mass is 298 g/mol. The van der Waals surface area contributed by atoms with Crippen molar-refractivity contribution in [3.05, 3.63) is 24.5 Å². The minimum Gasteiger partial charge on any atom is -0.354 e. The third-order valence-corrected chi connectivity index (χ3v) is 5.35. The second kappa shape index (κ2) is 6.92. The minimum atomic E-state index is -2.91. The van der Waals surface area contributed by atoms with Crippen LogP contribution in [0.1, 0.15) is 32.1 Å². The van der Waals surface area contributed by atoms with Crippen molar-refractivity contribution < 1.29 is 13.2 Å². The number of sulfone groups is 1. The Morgan fingerprint density at radius 1 is 1.20 bits per heavy atom. The van der Waals surface area contributed by atoms with E-state index in [1.807, 2.05) is 24.5 Å². The Labute approximate surface area is 120 Å². The van der Waals surface area contributed by atoms with Crippen LogP contribution in [-0.2, 0) is 21.2 Å². The third-order valence-electron chi connectivity index (χ3n) is 3.58. The smallest absolute Gasteiger partial charge is 0.220 e. The molecule has 1 aromatic heterocycles. The Balaban J connectivity index is 1.54. The molecule has 1 atom stereocenters. The molecule has 0 aromatic carbocycles. The highest BCUT2D eigenvalue weighted by atomic mass is 32.2. The number of aromatic nitrogens is 1. The number of rotatable bonds is 7. The predicted molar refractivity (Wildman–Crippen MR) is 78.1 cm³/mol. The van der Waals surface area contributed by atoms with Gasteiger partial charge in [-0.2, -0.15) is 0 Å². The Morgan fingerprint density at radius 3 is 2.60 bits per heavy atom. The van der Waals surface area contributed by atoms with Gasteiger partial charge in [0.1, 0.15) is 0 Å². The van der Waals surface area contributed by atoms with E-state index < -0.39 is 9.84 Å². The molecule has 0 spiro atoms. The van der Waals surface area contributed by atoms with Gasteiger partial charge in [0.05, 0.1) is 11.5 Å². The van der Waals surface area contributed by atoms with Crippen LogP contribution in [0.25, 0.3) is 0 Å². The largest absolute Gasteiger partial charge is 0.354 e. The third kappa shape index (κ3) is 5.00. The van der Waals surface area contributed by atoms with Crippen LogP contribution < -0.4 is 5.32 Å². The summed E-state index contributed by atoms with van der Waals surface area (Å²) in [7, 11) is -2.91. The number of hydrogen-bond donors (Lipinski definition) is 1. The summed E-state index contributed by atoms with van der Waals surface area (Å²) in [6.45, 7) is 0.982. The highest BCUT2D eigenvalue weighted by Crippen LogP contribution is 2.11. The minimum absolute atomic E-state index is 0.0203. The van der Waals surface area contributed by atoms with Crippen LogP contribution in [0, 0.1) is 0 Å². The van der Waals surface area contributed by atoms with Crippen LogP contribution >= 0.6 is 0 Å². The number of carbonyl (C=O) groups excluding carboxylic acids is 1. The van der Waals surface area contributed by atoms with E-state index in [9.17, 15) is 13.2 Å². The summed E-state index contributed by atoms with van der Waals surface area (Å²) < 4.78 is 24.7. The summed E-state index contributed by atoms with van der Waals surface area (Å²) >= 11 is 0. The lowest BCUT2D eigenvalue weighted by Gasteiger charge is -2.10. The Bertz CT molecular complexity index is 523. The number of hydrogen-bond acceptors (Lipinski definition) is 3. The molecular weight excluding hydrogens is 276 g/mol. The second-order valence-electron chi connectivity index (χ2n) is 5.40. The second-order valence-corrected chi connectivity index (χ2v) is 7.63. The number of nitrogens with one attached hydrogen (secondary N) is 1. The van der Waals surface area contributed by atoms with E-state index in [1.165, 1.54) is 0 Å². The van der Waals surface area contributed by atoms with Crippen LogP contribution in [0.15, 0.2) is 24.5 Å². The normalized spacial score (nSPS) is 20.9. The maximum Gasteiger partial charge on any atom is 0.220 e. The van der Waals surface area contributed by atoms with Gasteiger partial charge < -0.3 is 9.88 Å². The molecule has 1 amide bonds. The fourth-order valence-corrected chi connectivity index (χ4v) is 4.16. The molecule has 1 aromatic rings. The van der Waals surface area contributed by atoms with E-state index in [-0.39, 0.29) is 23.5 Å². The zero-order valence-corrected chi connectivity index (χ0v) is 12.4. The van der Waals surface area contributed by atoms with E-state index in [2.05, 4.69) is 9.88 Å². The van der Waals surface area contributed by atoms with Crippen LogP contribution in [0.4, 0.5) is 0 Å². The summed E-state index contributed by atoms with van der Waals surface area (Å²) in [4.78, 5) is 11.7. The van der Waals surface area contributed by atoms with Gasteiger partial charge in [0, 0.05) is 31.4 Å². The highest BCUT2D eigenvalue weighted by molar-refractivity contribution is 7.91. The van der Waals surface area contributed by atoms with Gasteiger partial charge in [0.2, 0.25) is 5.91 Å². The van der Waals surface area contributed by atoms with E-state index in [0.29, 0.717) is 12.8 Å². The average molecular weight is 298 g/mol. The van der Waals surface area contributed by atoms with Gasteiger partial charge in [-0.3, -0.25) is 4.79 Å². The summed E-state index contributed by atoms with van der Waals surface area (Å²) in [5.74, 6) is 0.286. The molecule has 20 heavy (non-hydrogen) atoms. The molecule has 112 valence electrons. The van der Waals surface area contributed by atoms with Gasteiger partial charge in [-0.25, -0.2) is 8.42 Å². The first-order valence-corrected chi connectivity index (χ1v) is 8.98. The summed E-state index contributed by atoms with van der Waals surface area (Å²) in [6, 6.07) is 3.83. The molecule has 1 N–H and O–H groups in total. The SMILES string of the molecule is O=C(CCCCCn1cccc1)NC1CCS(=O)(=O)C1. The van der Waals surface area contributed by atoms with Gasteiger partial charge >= 0.3 is 0 Å². The molecule has 1 aliphatic rings. The standard InChI is InChI=1S/C14H22N2O3S/c17-14(15-13-7-11-20(18,19)12-13)6-2-1-3-8-16-9-4-5-10-16/h4-5,9-10,13H,1-3,6-8,11-12H2,(H,15,17). The van der Waals surface area contributed by atoms with Crippen molar-refractivity contribution in [3.63, 3.8) is 0 Å². The summed E-state index contributed by atoms with van der Waals surface area (Å²) in [5.41, 5.74) is 0. The van der Waals surface area contributed by atoms with E-state index >= 15 is 0 Å². The highest BCUT2D eigenvalue weighted by Gasteiger charge is 2.28. The Morgan fingerprint density at radius 2 is 1.95 bits per heavy atom. The number of amides is 1. The van der Waals surface area contributed by atoms with Crippen molar-refractivity contribution in [2.24, 2.45) is 0 Å². The van der Waals surface area contributed by atoms with E-state index in [1.54, 1.807) is 0 Å². The van der Waals surface area contributed by atoms with Crippen molar-refractivity contribution in [2.75, 3.05) is 11.5 Å². The molecule has 6 heteroatoms. The molecule has 2 heterocycles. The quantitative estimate of drug-likeness (QED) is 0.773. The van der Waals surface area contributed by atoms with Crippen molar-refractivity contribution >= 4 is 15.7 Å². The van der Waals surface area contributed by atoms with Crippen LogP contribution in [0.5, 0.6) is 0 Å². The average Bonchev–Trinajstić information content (AvgIpc) is 2.99. The molecule has 1 unspecified atom stereocenters. The molecule has 0 radical (unpaired) electrons. The van der Waals surface area contributed by atoms with Gasteiger partial charge in [-0.1, -0.05) is 6.42 Å². The molecule has 1 saturated heterocycles. The van der Waals surface area contributed by atoms with Crippen molar-refractivity contribution in [1.29, 1.82) is 0 Å². The van der Waals surface area contributed by atoms with Gasteiger partial charge in [-0.15, -0.1) is 0 Å². The molecule has 0 bridgehead atoms. The van der Waals surface area contributed by atoms with Crippen LogP contribution in [0.3, 0.4) is 0 Å². The molecule has 1 aliphatic heterocycles. The molecule has 2 rings (SSSR count). The molecule has 0 aliphatic carbocycles. The number of aryl methyl sites for hydroxylation is 1. The lowest BCUT2D eigenvalue weighted by atomic mass is 10.1. The topological polar surface area (TPSA) is 68.2 Å². The van der Waals surface area contributed by atoms with Gasteiger partial charge in [0.15, 0.2) is 9.84 Å². The first-order valence-electron chi connectivity index (χ1n) is 7.16. The zero-order chi connectivity index (χ0) is 14.4. The fraction of sp³-hybridized carbons (Fsp3) is 0.643. The maximum absolute atomic E-state index is 11.7. The molecule has 1 fully saturated rings. The fourth-order valence-electron chi connectivity index (χ4n) is 2.48. The van der Waals surface area contributed by atoms with E-state index in [0.717, 1.165) is 25.8 Å². The van der Waals surface area contributed by atoms with Crippen molar-refractivity contribution in [3.8, 4) is 0 Å². The maximum atomic E-state index is 11.7. The summed E-state index contributed by atoms with van der Waals surface area (Å²) in [6.07, 6.45) is 8.03. The Hall–Kier alpha value is -1.30. The van der Waals surface area contributed by atoms with Gasteiger partial charge in [-0.05, 0) is 31.4 Å². The number of carbonyl (C=O) groups is 1. The van der Waals surface area contributed by atoms with Crippen molar-refractivity contribution in [1.82, 2.24) is 9.88 Å².